The van der Waals surface area contributed by atoms with E-state index < -0.39 is 6.10 Å². The third kappa shape index (κ3) is 2.01. The Kier molecular flexibility index (Phi) is 2.62. The minimum absolute atomic E-state index is 0.435. The molecule has 1 heterocycles. The second-order valence-corrected chi connectivity index (χ2v) is 3.35. The lowest BCUT2D eigenvalue weighted by molar-refractivity contribution is 0.198. The standard InChI is InChI=1S/C8H10BrNO/c1-5-3-8(9)10-4-7(5)6(2)11/h3-4,6,11H,1-2H3/t6-/m1/s1. The van der Waals surface area contributed by atoms with E-state index in [4.69, 9.17) is 0 Å². The van der Waals surface area contributed by atoms with Gasteiger partial charge in [0.1, 0.15) is 4.60 Å². The van der Waals surface area contributed by atoms with Gasteiger partial charge in [0.15, 0.2) is 0 Å². The van der Waals surface area contributed by atoms with Gasteiger partial charge in [-0.1, -0.05) is 0 Å². The Morgan fingerprint density at radius 2 is 2.27 bits per heavy atom. The van der Waals surface area contributed by atoms with Crippen LogP contribution in [0.2, 0.25) is 0 Å². The topological polar surface area (TPSA) is 33.1 Å². The third-order valence-electron chi connectivity index (χ3n) is 1.57. The summed E-state index contributed by atoms with van der Waals surface area (Å²) < 4.78 is 0.805. The van der Waals surface area contributed by atoms with Gasteiger partial charge in [-0.25, -0.2) is 4.98 Å². The number of pyridine rings is 1. The van der Waals surface area contributed by atoms with Crippen LogP contribution in [0, 0.1) is 6.92 Å². The Hall–Kier alpha value is -0.410. The maximum absolute atomic E-state index is 9.24. The lowest BCUT2D eigenvalue weighted by Crippen LogP contribution is -1.95. The molecule has 1 rings (SSSR count). The first-order valence-corrected chi connectivity index (χ1v) is 4.20. The lowest BCUT2D eigenvalue weighted by Gasteiger charge is -2.07. The molecule has 60 valence electrons. The fourth-order valence-corrected chi connectivity index (χ4v) is 1.42. The van der Waals surface area contributed by atoms with Gasteiger partial charge in [-0.2, -0.15) is 0 Å². The highest BCUT2D eigenvalue weighted by molar-refractivity contribution is 9.10. The lowest BCUT2D eigenvalue weighted by atomic mass is 10.1. The summed E-state index contributed by atoms with van der Waals surface area (Å²) in [5.74, 6) is 0. The van der Waals surface area contributed by atoms with Crippen molar-refractivity contribution in [2.45, 2.75) is 20.0 Å². The highest BCUT2D eigenvalue weighted by Gasteiger charge is 2.04. The van der Waals surface area contributed by atoms with E-state index in [2.05, 4.69) is 20.9 Å². The molecular formula is C8H10BrNO. The molecule has 0 fully saturated rings. The molecule has 11 heavy (non-hydrogen) atoms. The van der Waals surface area contributed by atoms with Gasteiger partial charge in [-0.05, 0) is 41.4 Å². The summed E-state index contributed by atoms with van der Waals surface area (Å²) >= 11 is 3.25. The molecule has 0 unspecified atom stereocenters. The average molecular weight is 216 g/mol. The van der Waals surface area contributed by atoms with Crippen LogP contribution in [-0.4, -0.2) is 10.1 Å². The summed E-state index contributed by atoms with van der Waals surface area (Å²) in [6.07, 6.45) is 1.25. The number of aryl methyl sites for hydroxylation is 1. The van der Waals surface area contributed by atoms with E-state index in [0.29, 0.717) is 0 Å². The molecule has 0 aliphatic heterocycles. The zero-order valence-electron chi connectivity index (χ0n) is 6.50. The van der Waals surface area contributed by atoms with Gasteiger partial charge < -0.3 is 5.11 Å². The van der Waals surface area contributed by atoms with E-state index in [0.717, 1.165) is 15.7 Å². The minimum Gasteiger partial charge on any atom is -0.389 e. The fraction of sp³-hybridized carbons (Fsp3) is 0.375. The Bertz CT molecular complexity index is 260. The zero-order valence-corrected chi connectivity index (χ0v) is 8.09. The van der Waals surface area contributed by atoms with Gasteiger partial charge >= 0.3 is 0 Å². The average Bonchev–Trinajstić information content (AvgIpc) is 1.85. The van der Waals surface area contributed by atoms with Crippen LogP contribution in [-0.2, 0) is 0 Å². The largest absolute Gasteiger partial charge is 0.389 e. The Morgan fingerprint density at radius 3 is 2.73 bits per heavy atom. The smallest absolute Gasteiger partial charge is 0.106 e. The van der Waals surface area contributed by atoms with Gasteiger partial charge in [0.25, 0.3) is 0 Å². The molecule has 1 aromatic heterocycles. The molecular weight excluding hydrogens is 206 g/mol. The van der Waals surface area contributed by atoms with Crippen molar-refractivity contribution in [3.05, 3.63) is 28.0 Å². The molecule has 0 aliphatic rings. The summed E-state index contributed by atoms with van der Waals surface area (Å²) in [6, 6.07) is 1.89. The first kappa shape index (κ1) is 8.68. The molecule has 0 radical (unpaired) electrons. The van der Waals surface area contributed by atoms with Gasteiger partial charge in [-0.3, -0.25) is 0 Å². The SMILES string of the molecule is Cc1cc(Br)ncc1[C@@H](C)O. The highest BCUT2D eigenvalue weighted by Crippen LogP contribution is 2.18. The first-order chi connectivity index (χ1) is 5.11. The molecule has 0 amide bonds. The van der Waals surface area contributed by atoms with Gasteiger partial charge in [0.05, 0.1) is 6.10 Å². The summed E-state index contributed by atoms with van der Waals surface area (Å²) in [4.78, 5) is 4.02. The first-order valence-electron chi connectivity index (χ1n) is 3.41. The van der Waals surface area contributed by atoms with Crippen molar-refractivity contribution in [1.82, 2.24) is 4.98 Å². The number of rotatable bonds is 1. The van der Waals surface area contributed by atoms with E-state index in [9.17, 15) is 5.11 Å². The van der Waals surface area contributed by atoms with Crippen LogP contribution in [0.5, 0.6) is 0 Å². The van der Waals surface area contributed by atoms with Crippen LogP contribution in [0.25, 0.3) is 0 Å². The molecule has 2 nitrogen and oxygen atoms in total. The van der Waals surface area contributed by atoms with Crippen molar-refractivity contribution >= 4 is 15.9 Å². The van der Waals surface area contributed by atoms with Crippen LogP contribution >= 0.6 is 15.9 Å². The highest BCUT2D eigenvalue weighted by atomic mass is 79.9. The van der Waals surface area contributed by atoms with Gasteiger partial charge in [-0.15, -0.1) is 0 Å². The van der Waals surface area contributed by atoms with Crippen molar-refractivity contribution in [2.24, 2.45) is 0 Å². The Labute approximate surface area is 74.4 Å². The van der Waals surface area contributed by atoms with Crippen LogP contribution in [0.3, 0.4) is 0 Å². The summed E-state index contributed by atoms with van der Waals surface area (Å²) in [7, 11) is 0. The number of halogens is 1. The molecule has 0 saturated heterocycles. The van der Waals surface area contributed by atoms with E-state index >= 15 is 0 Å². The second kappa shape index (κ2) is 3.32. The molecule has 3 heteroatoms. The van der Waals surface area contributed by atoms with E-state index in [1.54, 1.807) is 13.1 Å². The van der Waals surface area contributed by atoms with Crippen molar-refractivity contribution in [2.75, 3.05) is 0 Å². The molecule has 1 aromatic rings. The number of nitrogens with zero attached hydrogens (tertiary/aromatic N) is 1. The summed E-state index contributed by atoms with van der Waals surface area (Å²) in [6.45, 7) is 3.69. The number of hydrogen-bond donors (Lipinski definition) is 1. The molecule has 0 bridgehead atoms. The molecule has 0 aromatic carbocycles. The normalized spacial score (nSPS) is 13.1. The van der Waals surface area contributed by atoms with Gasteiger partial charge in [0, 0.05) is 11.8 Å². The van der Waals surface area contributed by atoms with E-state index in [1.807, 2.05) is 13.0 Å². The molecule has 1 N–H and O–H groups in total. The summed E-state index contributed by atoms with van der Waals surface area (Å²) in [5.41, 5.74) is 1.94. The number of aliphatic hydroxyl groups excluding tert-OH is 1. The van der Waals surface area contributed by atoms with Crippen molar-refractivity contribution < 1.29 is 5.11 Å². The third-order valence-corrected chi connectivity index (χ3v) is 2.00. The Morgan fingerprint density at radius 1 is 1.64 bits per heavy atom. The number of aliphatic hydroxyl groups is 1. The fourth-order valence-electron chi connectivity index (χ4n) is 0.970. The predicted octanol–water partition coefficient (Wildman–Crippen LogP) is 2.21. The maximum Gasteiger partial charge on any atom is 0.106 e. The predicted molar refractivity (Wildman–Crippen MR) is 47.3 cm³/mol. The maximum atomic E-state index is 9.24. The second-order valence-electron chi connectivity index (χ2n) is 2.54. The van der Waals surface area contributed by atoms with Gasteiger partial charge in [0.2, 0.25) is 0 Å². The molecule has 1 atom stereocenters. The van der Waals surface area contributed by atoms with Crippen LogP contribution in [0.1, 0.15) is 24.2 Å². The molecule has 0 aliphatic carbocycles. The van der Waals surface area contributed by atoms with Crippen LogP contribution in [0.15, 0.2) is 16.9 Å². The van der Waals surface area contributed by atoms with Crippen LogP contribution < -0.4 is 0 Å². The monoisotopic (exact) mass is 215 g/mol. The minimum atomic E-state index is -0.435. The van der Waals surface area contributed by atoms with Crippen molar-refractivity contribution in [3.8, 4) is 0 Å². The summed E-state index contributed by atoms with van der Waals surface area (Å²) in [5, 5.41) is 9.24. The Balaban J connectivity index is 3.09. The molecule has 0 saturated carbocycles. The quantitative estimate of drug-likeness (QED) is 0.730. The van der Waals surface area contributed by atoms with E-state index in [-0.39, 0.29) is 0 Å². The molecule has 0 spiro atoms. The number of hydrogen-bond acceptors (Lipinski definition) is 2. The zero-order chi connectivity index (χ0) is 8.43. The number of aromatic nitrogens is 1. The van der Waals surface area contributed by atoms with Crippen molar-refractivity contribution in [3.63, 3.8) is 0 Å². The van der Waals surface area contributed by atoms with Crippen molar-refractivity contribution in [1.29, 1.82) is 0 Å². The van der Waals surface area contributed by atoms with E-state index in [1.165, 1.54) is 0 Å². The van der Waals surface area contributed by atoms with Crippen LogP contribution in [0.4, 0.5) is 0 Å².